The molecule has 3 aromatic rings. The smallest absolute Gasteiger partial charge is 0.270 e. The summed E-state index contributed by atoms with van der Waals surface area (Å²) < 4.78 is 27.4. The van der Waals surface area contributed by atoms with E-state index in [1.807, 2.05) is 0 Å². The van der Waals surface area contributed by atoms with E-state index in [1.54, 1.807) is 12.1 Å². The minimum atomic E-state index is -3.94. The Hall–Kier alpha value is -3.96. The van der Waals surface area contributed by atoms with Gasteiger partial charge in [0.15, 0.2) is 0 Å². The normalized spacial score (nSPS) is 10.8. The number of carbonyl (C=O) groups is 2. The lowest BCUT2D eigenvalue weighted by Crippen LogP contribution is -2.41. The zero-order valence-electron chi connectivity index (χ0n) is 16.1. The van der Waals surface area contributed by atoms with E-state index in [2.05, 4.69) is 15.6 Å². The van der Waals surface area contributed by atoms with E-state index in [9.17, 15) is 28.1 Å². The highest BCUT2D eigenvalue weighted by atomic mass is 35.5. The molecule has 0 fully saturated rings. The molecule has 0 saturated carbocycles. The topological polar surface area (TPSA) is 148 Å². The van der Waals surface area contributed by atoms with Gasteiger partial charge >= 0.3 is 0 Å². The highest BCUT2D eigenvalue weighted by Crippen LogP contribution is 2.24. The number of hydrazine groups is 1. The van der Waals surface area contributed by atoms with Gasteiger partial charge in [-0.2, -0.15) is 0 Å². The lowest BCUT2D eigenvalue weighted by molar-refractivity contribution is -0.384. The third kappa shape index (κ3) is 5.39. The fourth-order valence-corrected chi connectivity index (χ4v) is 3.87. The molecule has 0 atom stereocenters. The fraction of sp³-hybridized carbons (Fsp3) is 0. The lowest BCUT2D eigenvalue weighted by atomic mass is 10.2. The fourth-order valence-electron chi connectivity index (χ4n) is 2.55. The van der Waals surface area contributed by atoms with Crippen LogP contribution in [0.3, 0.4) is 0 Å². The van der Waals surface area contributed by atoms with Gasteiger partial charge in [-0.05, 0) is 42.5 Å². The van der Waals surface area contributed by atoms with E-state index in [4.69, 9.17) is 11.6 Å². The largest absolute Gasteiger partial charge is 0.278 e. The molecule has 0 spiro atoms. The minimum absolute atomic E-state index is 0.0217. The SMILES string of the molecule is O=C(NNC(=O)c1cccc([N+](=O)[O-])c1)c1ccc(S(=O)(=O)Nc2ccccc2Cl)cc1. The first-order chi connectivity index (χ1) is 15.2. The first kappa shape index (κ1) is 22.7. The zero-order chi connectivity index (χ0) is 23.3. The van der Waals surface area contributed by atoms with E-state index in [1.165, 1.54) is 54.6 Å². The molecule has 0 bridgehead atoms. The van der Waals surface area contributed by atoms with Gasteiger partial charge in [-0.3, -0.25) is 35.3 Å². The number of nitrogens with zero attached hydrogens (tertiary/aromatic N) is 1. The summed E-state index contributed by atoms with van der Waals surface area (Å²) in [5, 5.41) is 11.0. The maximum absolute atomic E-state index is 12.5. The number of rotatable bonds is 6. The van der Waals surface area contributed by atoms with Crippen molar-refractivity contribution in [1.29, 1.82) is 0 Å². The van der Waals surface area contributed by atoms with Crippen molar-refractivity contribution in [1.82, 2.24) is 10.9 Å². The molecule has 0 aliphatic carbocycles. The van der Waals surface area contributed by atoms with E-state index in [0.717, 1.165) is 6.07 Å². The average Bonchev–Trinajstić information content (AvgIpc) is 2.78. The second-order valence-electron chi connectivity index (χ2n) is 6.33. The van der Waals surface area contributed by atoms with E-state index < -0.39 is 26.8 Å². The molecule has 3 rings (SSSR count). The highest BCUT2D eigenvalue weighted by molar-refractivity contribution is 7.92. The van der Waals surface area contributed by atoms with Gasteiger partial charge in [0.2, 0.25) is 0 Å². The van der Waals surface area contributed by atoms with Crippen molar-refractivity contribution in [3.8, 4) is 0 Å². The van der Waals surface area contributed by atoms with Gasteiger partial charge in [0.1, 0.15) is 0 Å². The number of non-ortho nitro benzene ring substituents is 1. The number of nitro groups is 1. The number of halogens is 1. The Morgan fingerprint density at radius 3 is 2.09 bits per heavy atom. The van der Waals surface area contributed by atoms with Gasteiger partial charge in [-0.1, -0.05) is 29.8 Å². The zero-order valence-corrected chi connectivity index (χ0v) is 17.7. The van der Waals surface area contributed by atoms with Gasteiger partial charge in [0.25, 0.3) is 27.5 Å². The molecule has 0 aliphatic rings. The monoisotopic (exact) mass is 474 g/mol. The molecule has 0 aliphatic heterocycles. The summed E-state index contributed by atoms with van der Waals surface area (Å²) in [7, 11) is -3.94. The van der Waals surface area contributed by atoms with Crippen LogP contribution in [0.1, 0.15) is 20.7 Å². The van der Waals surface area contributed by atoms with Crippen LogP contribution in [0.25, 0.3) is 0 Å². The molecule has 10 nitrogen and oxygen atoms in total. The van der Waals surface area contributed by atoms with Crippen molar-refractivity contribution in [2.24, 2.45) is 0 Å². The van der Waals surface area contributed by atoms with Gasteiger partial charge in [-0.25, -0.2) is 8.42 Å². The number of carbonyl (C=O) groups excluding carboxylic acids is 2. The third-order valence-corrected chi connectivity index (χ3v) is 5.86. The summed E-state index contributed by atoms with van der Waals surface area (Å²) in [5.74, 6) is -1.48. The molecule has 0 aromatic heterocycles. The number of hydrogen-bond donors (Lipinski definition) is 3. The van der Waals surface area contributed by atoms with Crippen LogP contribution in [0, 0.1) is 10.1 Å². The second-order valence-corrected chi connectivity index (χ2v) is 8.42. The maximum Gasteiger partial charge on any atom is 0.270 e. The number of benzene rings is 3. The van der Waals surface area contributed by atoms with Crippen molar-refractivity contribution in [2.75, 3.05) is 4.72 Å². The number of sulfonamides is 1. The first-order valence-electron chi connectivity index (χ1n) is 8.90. The van der Waals surface area contributed by atoms with Crippen LogP contribution in [0.2, 0.25) is 5.02 Å². The maximum atomic E-state index is 12.5. The Morgan fingerprint density at radius 2 is 1.47 bits per heavy atom. The number of para-hydroxylation sites is 1. The van der Waals surface area contributed by atoms with Crippen molar-refractivity contribution < 1.29 is 22.9 Å². The molecule has 0 saturated heterocycles. The Kier molecular flexibility index (Phi) is 6.71. The Balaban J connectivity index is 1.65. The highest BCUT2D eigenvalue weighted by Gasteiger charge is 2.17. The molecular formula is C20H15ClN4O6S. The standard InChI is InChI=1S/C20H15ClN4O6S/c21-17-6-1-2-7-18(17)24-32(30,31)16-10-8-13(9-11-16)19(26)22-23-20(27)14-4-3-5-15(12-14)25(28)29/h1-12,24H,(H,22,26)(H,23,27). The van der Waals surface area contributed by atoms with Crippen molar-refractivity contribution in [2.45, 2.75) is 4.90 Å². The molecule has 12 heteroatoms. The quantitative estimate of drug-likeness (QED) is 0.369. The van der Waals surface area contributed by atoms with Crippen LogP contribution in [0.5, 0.6) is 0 Å². The Labute approximate surface area is 187 Å². The predicted octanol–water partition coefficient (Wildman–Crippen LogP) is 3.12. The van der Waals surface area contributed by atoms with Gasteiger partial charge in [0.05, 0.1) is 20.5 Å². The number of hydrogen-bond acceptors (Lipinski definition) is 6. The van der Waals surface area contributed by atoms with E-state index >= 15 is 0 Å². The molecule has 3 N–H and O–H groups in total. The average molecular weight is 475 g/mol. The van der Waals surface area contributed by atoms with Gasteiger partial charge in [-0.15, -0.1) is 0 Å². The molecule has 0 heterocycles. The van der Waals surface area contributed by atoms with Crippen LogP contribution >= 0.6 is 11.6 Å². The Bertz CT molecular complexity index is 1300. The van der Waals surface area contributed by atoms with Crippen molar-refractivity contribution in [3.63, 3.8) is 0 Å². The summed E-state index contributed by atoms with van der Waals surface area (Å²) in [6.07, 6.45) is 0. The lowest BCUT2D eigenvalue weighted by Gasteiger charge is -2.10. The number of nitro benzene ring substituents is 1. The van der Waals surface area contributed by atoms with E-state index in [0.29, 0.717) is 0 Å². The summed E-state index contributed by atoms with van der Waals surface area (Å²) >= 11 is 5.97. The van der Waals surface area contributed by atoms with Crippen LogP contribution < -0.4 is 15.6 Å². The molecule has 32 heavy (non-hydrogen) atoms. The summed E-state index contributed by atoms with van der Waals surface area (Å²) in [6.45, 7) is 0. The third-order valence-electron chi connectivity index (χ3n) is 4.15. The minimum Gasteiger partial charge on any atom is -0.278 e. The molecule has 3 aromatic carbocycles. The van der Waals surface area contributed by atoms with E-state index in [-0.39, 0.29) is 32.4 Å². The molecule has 164 valence electrons. The Morgan fingerprint density at radius 1 is 0.844 bits per heavy atom. The van der Waals surface area contributed by atoms with Crippen molar-refractivity contribution >= 4 is 44.8 Å². The molecule has 0 unspecified atom stereocenters. The second kappa shape index (κ2) is 9.45. The van der Waals surface area contributed by atoms with Crippen LogP contribution in [-0.4, -0.2) is 25.2 Å². The number of amides is 2. The molecule has 2 amide bonds. The summed E-state index contributed by atoms with van der Waals surface area (Å²) in [4.78, 5) is 34.4. The van der Waals surface area contributed by atoms with Gasteiger partial charge in [0, 0.05) is 23.3 Å². The predicted molar refractivity (Wildman–Crippen MR) is 117 cm³/mol. The van der Waals surface area contributed by atoms with Crippen LogP contribution in [0.15, 0.2) is 77.7 Å². The van der Waals surface area contributed by atoms with Gasteiger partial charge < -0.3 is 0 Å². The van der Waals surface area contributed by atoms with Crippen LogP contribution in [0.4, 0.5) is 11.4 Å². The van der Waals surface area contributed by atoms with Crippen LogP contribution in [-0.2, 0) is 10.0 Å². The number of anilines is 1. The first-order valence-corrected chi connectivity index (χ1v) is 10.8. The molecular weight excluding hydrogens is 460 g/mol. The summed E-state index contributed by atoms with van der Waals surface area (Å²) in [5.41, 5.74) is 4.29. The molecule has 0 radical (unpaired) electrons. The summed E-state index contributed by atoms with van der Waals surface area (Å²) in [6, 6.07) is 16.3. The number of nitrogens with one attached hydrogen (secondary N) is 3. The van der Waals surface area contributed by atoms with Crippen molar-refractivity contribution in [3.05, 3.63) is 99.1 Å².